The first kappa shape index (κ1) is 9.65. The van der Waals surface area contributed by atoms with Gasteiger partial charge in [-0.25, -0.2) is 0 Å². The fraction of sp³-hybridized carbons (Fsp3) is 0.167. The van der Waals surface area contributed by atoms with Gasteiger partial charge in [0, 0.05) is 12.3 Å². The van der Waals surface area contributed by atoms with Crippen molar-refractivity contribution in [2.24, 2.45) is 0 Å². The Bertz CT molecular complexity index is 402. The molecule has 0 aliphatic rings. The molecule has 15 heavy (non-hydrogen) atoms. The second kappa shape index (κ2) is 4.55. The van der Waals surface area contributed by atoms with Gasteiger partial charge in [-0.05, 0) is 18.6 Å². The quantitative estimate of drug-likeness (QED) is 0.763. The number of aromatic nitrogens is 2. The van der Waals surface area contributed by atoms with Crippen LogP contribution in [-0.4, -0.2) is 10.2 Å². The maximum absolute atomic E-state index is 5.63. The topological polar surface area (TPSA) is 35.0 Å². The molecule has 0 fully saturated rings. The lowest BCUT2D eigenvalue weighted by Crippen LogP contribution is -2.04. The maximum Gasteiger partial charge on any atom is 0.233 e. The SMILES string of the molecule is CC(Oc1cccnn1)c1ccccc1. The van der Waals surface area contributed by atoms with E-state index in [4.69, 9.17) is 4.74 Å². The summed E-state index contributed by atoms with van der Waals surface area (Å²) in [6.07, 6.45) is 1.61. The van der Waals surface area contributed by atoms with E-state index in [1.165, 1.54) is 0 Å². The molecule has 0 saturated heterocycles. The molecule has 2 rings (SSSR count). The summed E-state index contributed by atoms with van der Waals surface area (Å²) in [5, 5.41) is 7.63. The molecule has 0 amide bonds. The van der Waals surface area contributed by atoms with E-state index in [9.17, 15) is 0 Å². The van der Waals surface area contributed by atoms with Gasteiger partial charge in [0.15, 0.2) is 0 Å². The fourth-order valence-corrected chi connectivity index (χ4v) is 1.32. The van der Waals surface area contributed by atoms with Crippen molar-refractivity contribution in [2.45, 2.75) is 13.0 Å². The second-order valence-electron chi connectivity index (χ2n) is 3.23. The number of hydrogen-bond donors (Lipinski definition) is 0. The molecule has 0 spiro atoms. The van der Waals surface area contributed by atoms with E-state index >= 15 is 0 Å². The molecule has 1 atom stereocenters. The van der Waals surface area contributed by atoms with Gasteiger partial charge in [0.25, 0.3) is 0 Å². The molecule has 1 heterocycles. The van der Waals surface area contributed by atoms with Crippen LogP contribution < -0.4 is 4.74 Å². The Kier molecular flexibility index (Phi) is 2.93. The predicted octanol–water partition coefficient (Wildman–Crippen LogP) is 2.62. The third-order valence-electron chi connectivity index (χ3n) is 2.11. The zero-order chi connectivity index (χ0) is 10.5. The Hall–Kier alpha value is -1.90. The molecule has 3 nitrogen and oxygen atoms in total. The van der Waals surface area contributed by atoms with Crippen molar-refractivity contribution in [3.05, 3.63) is 54.2 Å². The summed E-state index contributed by atoms with van der Waals surface area (Å²) >= 11 is 0. The summed E-state index contributed by atoms with van der Waals surface area (Å²) in [6.45, 7) is 1.99. The van der Waals surface area contributed by atoms with E-state index in [0.717, 1.165) is 5.56 Å². The van der Waals surface area contributed by atoms with Crippen molar-refractivity contribution in [2.75, 3.05) is 0 Å². The summed E-state index contributed by atoms with van der Waals surface area (Å²) in [5.41, 5.74) is 1.13. The van der Waals surface area contributed by atoms with Crippen LogP contribution in [-0.2, 0) is 0 Å². The molecule has 1 aromatic carbocycles. The largest absolute Gasteiger partial charge is 0.469 e. The normalized spacial score (nSPS) is 12.1. The van der Waals surface area contributed by atoms with Crippen molar-refractivity contribution in [1.82, 2.24) is 10.2 Å². The van der Waals surface area contributed by atoms with Crippen LogP contribution in [0.15, 0.2) is 48.7 Å². The second-order valence-corrected chi connectivity index (χ2v) is 3.23. The van der Waals surface area contributed by atoms with Crippen LogP contribution in [0.3, 0.4) is 0 Å². The van der Waals surface area contributed by atoms with E-state index in [1.54, 1.807) is 18.3 Å². The van der Waals surface area contributed by atoms with Crippen LogP contribution in [0.5, 0.6) is 5.88 Å². The first-order valence-electron chi connectivity index (χ1n) is 4.85. The molecule has 0 aliphatic carbocycles. The van der Waals surface area contributed by atoms with Crippen molar-refractivity contribution >= 4 is 0 Å². The average Bonchev–Trinajstić information content (AvgIpc) is 2.31. The highest BCUT2D eigenvalue weighted by atomic mass is 16.5. The van der Waals surface area contributed by atoms with Crippen molar-refractivity contribution < 1.29 is 4.74 Å². The molecule has 3 heteroatoms. The van der Waals surface area contributed by atoms with E-state index < -0.39 is 0 Å². The maximum atomic E-state index is 5.63. The Morgan fingerprint density at radius 1 is 1.07 bits per heavy atom. The molecule has 2 aromatic rings. The standard InChI is InChI=1S/C12H12N2O/c1-10(11-6-3-2-4-7-11)15-12-8-5-9-13-14-12/h2-10H,1H3. The Morgan fingerprint density at radius 2 is 1.87 bits per heavy atom. The van der Waals surface area contributed by atoms with Gasteiger partial charge in [0.2, 0.25) is 5.88 Å². The molecule has 0 radical (unpaired) electrons. The van der Waals surface area contributed by atoms with E-state index in [-0.39, 0.29) is 6.10 Å². The highest BCUT2D eigenvalue weighted by molar-refractivity contribution is 5.18. The van der Waals surface area contributed by atoms with Crippen LogP contribution in [0.25, 0.3) is 0 Å². The molecule has 76 valence electrons. The van der Waals surface area contributed by atoms with Crippen LogP contribution in [0, 0.1) is 0 Å². The zero-order valence-corrected chi connectivity index (χ0v) is 8.50. The highest BCUT2D eigenvalue weighted by Gasteiger charge is 2.06. The summed E-state index contributed by atoms with van der Waals surface area (Å²) < 4.78 is 5.63. The molecule has 0 aliphatic heterocycles. The number of hydrogen-bond acceptors (Lipinski definition) is 3. The lowest BCUT2D eigenvalue weighted by Gasteiger charge is -2.13. The number of nitrogens with zero attached hydrogens (tertiary/aromatic N) is 2. The first-order chi connectivity index (χ1) is 7.36. The van der Waals surface area contributed by atoms with E-state index in [2.05, 4.69) is 10.2 Å². The van der Waals surface area contributed by atoms with Gasteiger partial charge in [-0.15, -0.1) is 5.10 Å². The molecule has 1 unspecified atom stereocenters. The first-order valence-corrected chi connectivity index (χ1v) is 4.85. The third-order valence-corrected chi connectivity index (χ3v) is 2.11. The van der Waals surface area contributed by atoms with Gasteiger partial charge in [-0.3, -0.25) is 0 Å². The summed E-state index contributed by atoms with van der Waals surface area (Å²) in [4.78, 5) is 0. The average molecular weight is 200 g/mol. The minimum atomic E-state index is -0.0112. The Labute approximate surface area is 88.7 Å². The summed E-state index contributed by atoms with van der Waals surface area (Å²) in [6, 6.07) is 13.6. The molecule has 1 aromatic heterocycles. The molecule has 0 bridgehead atoms. The number of benzene rings is 1. The van der Waals surface area contributed by atoms with Crippen molar-refractivity contribution in [3.63, 3.8) is 0 Å². The predicted molar refractivity (Wildman–Crippen MR) is 57.5 cm³/mol. The van der Waals surface area contributed by atoms with Gasteiger partial charge in [-0.2, -0.15) is 5.10 Å². The van der Waals surface area contributed by atoms with E-state index in [0.29, 0.717) is 5.88 Å². The highest BCUT2D eigenvalue weighted by Crippen LogP contribution is 2.18. The van der Waals surface area contributed by atoms with E-state index in [1.807, 2.05) is 37.3 Å². The zero-order valence-electron chi connectivity index (χ0n) is 8.50. The van der Waals surface area contributed by atoms with Gasteiger partial charge in [0.05, 0.1) is 0 Å². The minimum Gasteiger partial charge on any atom is -0.469 e. The number of ether oxygens (including phenoxy) is 1. The van der Waals surface area contributed by atoms with Gasteiger partial charge in [0.1, 0.15) is 6.10 Å². The molecule has 0 N–H and O–H groups in total. The molecular weight excluding hydrogens is 188 g/mol. The summed E-state index contributed by atoms with van der Waals surface area (Å²) in [7, 11) is 0. The van der Waals surface area contributed by atoms with Gasteiger partial charge in [-0.1, -0.05) is 30.3 Å². The third kappa shape index (κ3) is 2.53. The van der Waals surface area contributed by atoms with Crippen LogP contribution in [0.4, 0.5) is 0 Å². The molecular formula is C12H12N2O. The van der Waals surface area contributed by atoms with Crippen LogP contribution in [0.2, 0.25) is 0 Å². The minimum absolute atomic E-state index is 0.0112. The van der Waals surface area contributed by atoms with Crippen molar-refractivity contribution in [3.8, 4) is 5.88 Å². The van der Waals surface area contributed by atoms with Gasteiger partial charge < -0.3 is 4.74 Å². The monoisotopic (exact) mass is 200 g/mol. The fourth-order valence-electron chi connectivity index (χ4n) is 1.32. The Balaban J connectivity index is 2.08. The van der Waals surface area contributed by atoms with Gasteiger partial charge >= 0.3 is 0 Å². The van der Waals surface area contributed by atoms with Crippen molar-refractivity contribution in [1.29, 1.82) is 0 Å². The summed E-state index contributed by atoms with van der Waals surface area (Å²) in [5.74, 6) is 0.550. The van der Waals surface area contributed by atoms with Crippen LogP contribution in [0.1, 0.15) is 18.6 Å². The lowest BCUT2D eigenvalue weighted by atomic mass is 10.1. The van der Waals surface area contributed by atoms with Crippen LogP contribution >= 0.6 is 0 Å². The Morgan fingerprint density at radius 3 is 2.53 bits per heavy atom. The lowest BCUT2D eigenvalue weighted by molar-refractivity contribution is 0.215. The molecule has 0 saturated carbocycles. The number of rotatable bonds is 3. The smallest absolute Gasteiger partial charge is 0.233 e.